The quantitative estimate of drug-likeness (QED) is 0.595. The van der Waals surface area contributed by atoms with Crippen molar-refractivity contribution in [1.29, 1.82) is 0 Å². The summed E-state index contributed by atoms with van der Waals surface area (Å²) in [6.07, 6.45) is 0.446. The lowest BCUT2D eigenvalue weighted by Crippen LogP contribution is -2.15. The van der Waals surface area contributed by atoms with E-state index in [1.807, 2.05) is 0 Å². The standard InChI is InChI=1S/C16H13F3O/c1-2-11(10-6-4-3-5-7-10)16(20)12-8-9-13(17)15(19)14(12)18/h3-9,11H,2H2,1H3. The number of benzene rings is 2. The summed E-state index contributed by atoms with van der Waals surface area (Å²) < 4.78 is 39.8. The van der Waals surface area contributed by atoms with Crippen LogP contribution in [0.1, 0.15) is 35.2 Å². The molecule has 0 fully saturated rings. The van der Waals surface area contributed by atoms with Crippen LogP contribution >= 0.6 is 0 Å². The summed E-state index contributed by atoms with van der Waals surface area (Å²) in [5.74, 6) is -5.46. The monoisotopic (exact) mass is 278 g/mol. The molecule has 0 aliphatic heterocycles. The van der Waals surface area contributed by atoms with E-state index in [1.165, 1.54) is 0 Å². The summed E-state index contributed by atoms with van der Waals surface area (Å²) >= 11 is 0. The number of rotatable bonds is 4. The number of hydrogen-bond acceptors (Lipinski definition) is 1. The summed E-state index contributed by atoms with van der Waals surface area (Å²) in [6.45, 7) is 1.79. The van der Waals surface area contributed by atoms with Gasteiger partial charge in [0.2, 0.25) is 0 Å². The van der Waals surface area contributed by atoms with Crippen LogP contribution in [-0.4, -0.2) is 5.78 Å². The topological polar surface area (TPSA) is 17.1 Å². The second kappa shape index (κ2) is 5.90. The highest BCUT2D eigenvalue weighted by Crippen LogP contribution is 2.26. The molecule has 1 unspecified atom stereocenters. The van der Waals surface area contributed by atoms with Gasteiger partial charge in [0.15, 0.2) is 23.2 Å². The fraction of sp³-hybridized carbons (Fsp3) is 0.188. The molecule has 104 valence electrons. The van der Waals surface area contributed by atoms with Crippen molar-refractivity contribution in [1.82, 2.24) is 0 Å². The zero-order chi connectivity index (χ0) is 14.7. The summed E-state index contributed by atoms with van der Waals surface area (Å²) in [5, 5.41) is 0. The molecule has 0 N–H and O–H groups in total. The lowest BCUT2D eigenvalue weighted by atomic mass is 9.88. The molecule has 2 aromatic carbocycles. The Kier molecular flexibility index (Phi) is 4.23. The fourth-order valence-electron chi connectivity index (χ4n) is 2.16. The van der Waals surface area contributed by atoms with Crippen LogP contribution in [0.5, 0.6) is 0 Å². The predicted molar refractivity (Wildman–Crippen MR) is 70.1 cm³/mol. The number of ketones is 1. The van der Waals surface area contributed by atoms with E-state index in [-0.39, 0.29) is 0 Å². The van der Waals surface area contributed by atoms with E-state index in [4.69, 9.17) is 0 Å². The van der Waals surface area contributed by atoms with Gasteiger partial charge in [0, 0.05) is 5.92 Å². The third kappa shape index (κ3) is 2.59. The van der Waals surface area contributed by atoms with E-state index >= 15 is 0 Å². The highest BCUT2D eigenvalue weighted by atomic mass is 19.2. The second-order valence-corrected chi connectivity index (χ2v) is 4.46. The summed E-state index contributed by atoms with van der Waals surface area (Å²) in [6, 6.07) is 10.6. The molecule has 2 aromatic rings. The van der Waals surface area contributed by atoms with E-state index in [2.05, 4.69) is 0 Å². The fourth-order valence-corrected chi connectivity index (χ4v) is 2.16. The third-order valence-corrected chi connectivity index (χ3v) is 3.23. The van der Waals surface area contributed by atoms with Crippen LogP contribution in [0.15, 0.2) is 42.5 Å². The largest absolute Gasteiger partial charge is 0.293 e. The van der Waals surface area contributed by atoms with Crippen molar-refractivity contribution in [3.05, 3.63) is 71.0 Å². The van der Waals surface area contributed by atoms with Crippen molar-refractivity contribution >= 4 is 5.78 Å². The summed E-state index contributed by atoms with van der Waals surface area (Å²) in [7, 11) is 0. The maximum absolute atomic E-state index is 13.7. The molecular formula is C16H13F3O. The van der Waals surface area contributed by atoms with Crippen molar-refractivity contribution in [2.75, 3.05) is 0 Å². The van der Waals surface area contributed by atoms with Gasteiger partial charge in [-0.2, -0.15) is 0 Å². The van der Waals surface area contributed by atoms with Crippen LogP contribution in [-0.2, 0) is 0 Å². The Bertz CT molecular complexity index is 623. The van der Waals surface area contributed by atoms with Gasteiger partial charge in [-0.1, -0.05) is 37.3 Å². The van der Waals surface area contributed by atoms with Gasteiger partial charge in [-0.15, -0.1) is 0 Å². The molecule has 0 saturated heterocycles. The van der Waals surface area contributed by atoms with Crippen molar-refractivity contribution < 1.29 is 18.0 Å². The minimum Gasteiger partial charge on any atom is -0.293 e. The Morgan fingerprint density at radius 2 is 1.65 bits per heavy atom. The Labute approximate surface area is 115 Å². The summed E-state index contributed by atoms with van der Waals surface area (Å²) in [5.41, 5.74) is 0.309. The van der Waals surface area contributed by atoms with Crippen molar-refractivity contribution in [2.45, 2.75) is 19.3 Å². The molecule has 0 spiro atoms. The maximum Gasteiger partial charge on any atom is 0.195 e. The van der Waals surface area contributed by atoms with Crippen molar-refractivity contribution in [3.8, 4) is 0 Å². The maximum atomic E-state index is 13.7. The van der Waals surface area contributed by atoms with Crippen molar-refractivity contribution in [2.24, 2.45) is 0 Å². The van der Waals surface area contributed by atoms with E-state index in [0.29, 0.717) is 6.42 Å². The van der Waals surface area contributed by atoms with Gasteiger partial charge in [-0.25, -0.2) is 13.2 Å². The Hall–Kier alpha value is -2.10. The lowest BCUT2D eigenvalue weighted by molar-refractivity contribution is 0.0952. The molecule has 0 aliphatic carbocycles. The highest BCUT2D eigenvalue weighted by molar-refractivity contribution is 6.01. The lowest BCUT2D eigenvalue weighted by Gasteiger charge is -2.15. The van der Waals surface area contributed by atoms with Crippen LogP contribution in [0.2, 0.25) is 0 Å². The summed E-state index contributed by atoms with van der Waals surface area (Å²) in [4.78, 5) is 12.3. The molecule has 20 heavy (non-hydrogen) atoms. The van der Waals surface area contributed by atoms with Gasteiger partial charge in [-0.05, 0) is 24.1 Å². The molecule has 0 saturated carbocycles. The molecule has 0 heterocycles. The zero-order valence-corrected chi connectivity index (χ0v) is 10.9. The SMILES string of the molecule is CCC(C(=O)c1ccc(F)c(F)c1F)c1ccccc1. The van der Waals surface area contributed by atoms with Crippen LogP contribution in [0.4, 0.5) is 13.2 Å². The molecule has 0 radical (unpaired) electrons. The molecule has 0 bridgehead atoms. The molecule has 1 nitrogen and oxygen atoms in total. The minimum atomic E-state index is -1.61. The van der Waals surface area contributed by atoms with E-state index < -0.39 is 34.7 Å². The van der Waals surface area contributed by atoms with Crippen LogP contribution in [0, 0.1) is 17.5 Å². The van der Waals surface area contributed by atoms with Gasteiger partial charge >= 0.3 is 0 Å². The number of carbonyl (C=O) groups excluding carboxylic acids is 1. The molecule has 2 rings (SSSR count). The zero-order valence-electron chi connectivity index (χ0n) is 10.9. The van der Waals surface area contributed by atoms with E-state index in [0.717, 1.165) is 17.7 Å². The first-order valence-corrected chi connectivity index (χ1v) is 6.29. The molecule has 0 amide bonds. The molecule has 4 heteroatoms. The first-order chi connectivity index (χ1) is 9.56. The van der Waals surface area contributed by atoms with Gasteiger partial charge in [-0.3, -0.25) is 4.79 Å². The van der Waals surface area contributed by atoms with E-state index in [9.17, 15) is 18.0 Å². The first-order valence-electron chi connectivity index (χ1n) is 6.29. The van der Waals surface area contributed by atoms with Gasteiger partial charge in [0.1, 0.15) is 0 Å². The normalized spacial score (nSPS) is 12.2. The predicted octanol–water partition coefficient (Wildman–Crippen LogP) is 4.48. The molecule has 0 aromatic heterocycles. The smallest absolute Gasteiger partial charge is 0.195 e. The third-order valence-electron chi connectivity index (χ3n) is 3.23. The average molecular weight is 278 g/mol. The Balaban J connectivity index is 2.42. The van der Waals surface area contributed by atoms with Gasteiger partial charge in [0.05, 0.1) is 5.56 Å². The Morgan fingerprint density at radius 3 is 2.25 bits per heavy atom. The van der Waals surface area contributed by atoms with E-state index in [1.54, 1.807) is 37.3 Å². The number of Topliss-reactive ketones (excluding diaryl/α,β-unsaturated/α-hetero) is 1. The van der Waals surface area contributed by atoms with Crippen molar-refractivity contribution in [3.63, 3.8) is 0 Å². The highest BCUT2D eigenvalue weighted by Gasteiger charge is 2.25. The van der Waals surface area contributed by atoms with Gasteiger partial charge in [0.25, 0.3) is 0 Å². The van der Waals surface area contributed by atoms with Crippen LogP contribution in [0.25, 0.3) is 0 Å². The second-order valence-electron chi connectivity index (χ2n) is 4.46. The van der Waals surface area contributed by atoms with Gasteiger partial charge < -0.3 is 0 Å². The number of hydrogen-bond donors (Lipinski definition) is 0. The first kappa shape index (κ1) is 14.3. The van der Waals surface area contributed by atoms with Crippen LogP contribution in [0.3, 0.4) is 0 Å². The molecular weight excluding hydrogens is 265 g/mol. The number of carbonyl (C=O) groups is 1. The average Bonchev–Trinajstić information content (AvgIpc) is 2.47. The minimum absolute atomic E-state index is 0.417. The Morgan fingerprint density at radius 1 is 1.00 bits per heavy atom. The van der Waals surface area contributed by atoms with Crippen LogP contribution < -0.4 is 0 Å². The molecule has 0 aliphatic rings. The molecule has 1 atom stereocenters. The number of halogens is 3.